The standard InChI is InChI=1S/C9H9NOS/c1-7(11)10-6-12-9-5-3-2-4-8(9)10/h2-5H,6H2,1H3. The summed E-state index contributed by atoms with van der Waals surface area (Å²) in [5, 5.41) is 0. The molecule has 0 saturated heterocycles. The highest BCUT2D eigenvalue weighted by Gasteiger charge is 2.21. The first-order valence-corrected chi connectivity index (χ1v) is 4.77. The van der Waals surface area contributed by atoms with E-state index in [0.717, 1.165) is 11.6 Å². The van der Waals surface area contributed by atoms with Crippen molar-refractivity contribution >= 4 is 23.4 Å². The van der Waals surface area contributed by atoms with E-state index in [0.29, 0.717) is 0 Å². The minimum absolute atomic E-state index is 0.118. The molecular weight excluding hydrogens is 170 g/mol. The summed E-state index contributed by atoms with van der Waals surface area (Å²) in [5.74, 6) is 0.877. The van der Waals surface area contributed by atoms with Gasteiger partial charge in [-0.25, -0.2) is 0 Å². The van der Waals surface area contributed by atoms with Gasteiger partial charge in [0.2, 0.25) is 5.91 Å². The lowest BCUT2D eigenvalue weighted by Gasteiger charge is -2.12. The van der Waals surface area contributed by atoms with Crippen molar-refractivity contribution in [3.63, 3.8) is 0 Å². The van der Waals surface area contributed by atoms with E-state index in [2.05, 4.69) is 0 Å². The molecule has 0 unspecified atom stereocenters. The average Bonchev–Trinajstić information content (AvgIpc) is 2.47. The van der Waals surface area contributed by atoms with Gasteiger partial charge in [0.1, 0.15) is 0 Å². The summed E-state index contributed by atoms with van der Waals surface area (Å²) in [5.41, 5.74) is 1.05. The highest BCUT2D eigenvalue weighted by molar-refractivity contribution is 8.00. The first kappa shape index (κ1) is 7.68. The third-order valence-electron chi connectivity index (χ3n) is 1.89. The van der Waals surface area contributed by atoms with Gasteiger partial charge in [0.25, 0.3) is 0 Å². The Balaban J connectivity index is 2.42. The van der Waals surface area contributed by atoms with Gasteiger partial charge in [-0.05, 0) is 12.1 Å². The van der Waals surface area contributed by atoms with Crippen LogP contribution in [0.4, 0.5) is 5.69 Å². The van der Waals surface area contributed by atoms with Crippen molar-refractivity contribution in [3.8, 4) is 0 Å². The van der Waals surface area contributed by atoms with Gasteiger partial charge in [0, 0.05) is 11.8 Å². The summed E-state index contributed by atoms with van der Waals surface area (Å²) in [7, 11) is 0. The topological polar surface area (TPSA) is 20.3 Å². The van der Waals surface area contributed by atoms with E-state index in [-0.39, 0.29) is 5.91 Å². The Bertz CT molecular complexity index is 324. The number of amides is 1. The van der Waals surface area contributed by atoms with Crippen LogP contribution in [0.25, 0.3) is 0 Å². The zero-order chi connectivity index (χ0) is 8.55. The van der Waals surface area contributed by atoms with Gasteiger partial charge in [-0.2, -0.15) is 0 Å². The number of carbonyl (C=O) groups is 1. The first-order chi connectivity index (χ1) is 5.79. The van der Waals surface area contributed by atoms with Gasteiger partial charge in [-0.1, -0.05) is 12.1 Å². The van der Waals surface area contributed by atoms with Crippen molar-refractivity contribution in [3.05, 3.63) is 24.3 Å². The monoisotopic (exact) mass is 179 g/mol. The van der Waals surface area contributed by atoms with Gasteiger partial charge >= 0.3 is 0 Å². The predicted octanol–water partition coefficient (Wildman–Crippen LogP) is 2.10. The molecule has 0 saturated carbocycles. The molecule has 0 bridgehead atoms. The largest absolute Gasteiger partial charge is 0.301 e. The van der Waals surface area contributed by atoms with E-state index in [4.69, 9.17) is 0 Å². The maximum atomic E-state index is 11.1. The van der Waals surface area contributed by atoms with Gasteiger partial charge in [-0.3, -0.25) is 4.79 Å². The second-order valence-electron chi connectivity index (χ2n) is 2.69. The molecule has 2 rings (SSSR count). The van der Waals surface area contributed by atoms with Crippen LogP contribution in [0.1, 0.15) is 6.92 Å². The van der Waals surface area contributed by atoms with Crippen molar-refractivity contribution in [1.29, 1.82) is 0 Å². The van der Waals surface area contributed by atoms with E-state index in [9.17, 15) is 4.79 Å². The third kappa shape index (κ3) is 1.10. The van der Waals surface area contributed by atoms with Crippen LogP contribution in [0, 0.1) is 0 Å². The third-order valence-corrected chi connectivity index (χ3v) is 2.93. The van der Waals surface area contributed by atoms with Crippen LogP contribution in [-0.4, -0.2) is 11.8 Å². The van der Waals surface area contributed by atoms with E-state index >= 15 is 0 Å². The van der Waals surface area contributed by atoms with Crippen LogP contribution < -0.4 is 4.90 Å². The van der Waals surface area contributed by atoms with E-state index in [1.54, 1.807) is 23.6 Å². The zero-order valence-electron chi connectivity index (χ0n) is 6.78. The molecule has 1 aromatic carbocycles. The lowest BCUT2D eigenvalue weighted by Crippen LogP contribution is -2.24. The Labute approximate surface area is 75.6 Å². The van der Waals surface area contributed by atoms with Crippen molar-refractivity contribution in [2.45, 2.75) is 11.8 Å². The van der Waals surface area contributed by atoms with E-state index in [1.165, 1.54) is 4.90 Å². The highest BCUT2D eigenvalue weighted by Crippen LogP contribution is 2.37. The molecule has 0 atom stereocenters. The number of benzene rings is 1. The van der Waals surface area contributed by atoms with Crippen LogP contribution >= 0.6 is 11.8 Å². The quantitative estimate of drug-likeness (QED) is 0.608. The molecule has 0 aliphatic carbocycles. The Morgan fingerprint density at radius 1 is 1.50 bits per heavy atom. The lowest BCUT2D eigenvalue weighted by molar-refractivity contribution is -0.116. The molecule has 0 radical (unpaired) electrons. The maximum absolute atomic E-state index is 11.1. The van der Waals surface area contributed by atoms with Crippen molar-refractivity contribution in [2.75, 3.05) is 10.8 Å². The van der Waals surface area contributed by atoms with Crippen LogP contribution in [-0.2, 0) is 4.79 Å². The molecule has 2 nitrogen and oxygen atoms in total. The summed E-state index contributed by atoms with van der Waals surface area (Å²) < 4.78 is 0. The second kappa shape index (κ2) is 2.83. The van der Waals surface area contributed by atoms with Gasteiger partial charge in [0.05, 0.1) is 11.6 Å². The smallest absolute Gasteiger partial charge is 0.224 e. The number of hydrogen-bond donors (Lipinski definition) is 0. The SMILES string of the molecule is CC(=O)N1CSc2ccccc21. The minimum atomic E-state index is 0.118. The molecule has 1 amide bonds. The van der Waals surface area contributed by atoms with Crippen LogP contribution in [0.2, 0.25) is 0 Å². The van der Waals surface area contributed by atoms with Crippen LogP contribution in [0.15, 0.2) is 29.2 Å². The molecule has 0 spiro atoms. The summed E-state index contributed by atoms with van der Waals surface area (Å²) in [4.78, 5) is 14.1. The molecule has 1 aromatic rings. The number of carbonyl (C=O) groups excluding carboxylic acids is 1. The number of hydrogen-bond acceptors (Lipinski definition) is 2. The van der Waals surface area contributed by atoms with Crippen LogP contribution in [0.5, 0.6) is 0 Å². The molecule has 12 heavy (non-hydrogen) atoms. The Morgan fingerprint density at radius 2 is 2.25 bits per heavy atom. The Kier molecular flexibility index (Phi) is 1.81. The Hall–Kier alpha value is -0.960. The molecule has 1 aliphatic rings. The molecular formula is C9H9NOS. The number of fused-ring (bicyclic) bond motifs is 1. The lowest BCUT2D eigenvalue weighted by atomic mass is 10.3. The summed E-state index contributed by atoms with van der Waals surface area (Å²) in [6.45, 7) is 1.60. The maximum Gasteiger partial charge on any atom is 0.224 e. The molecule has 0 N–H and O–H groups in total. The van der Waals surface area contributed by atoms with E-state index < -0.39 is 0 Å². The number of rotatable bonds is 0. The Morgan fingerprint density at radius 3 is 3.00 bits per heavy atom. The summed E-state index contributed by atoms with van der Waals surface area (Å²) >= 11 is 1.71. The predicted molar refractivity (Wildman–Crippen MR) is 50.3 cm³/mol. The molecule has 0 fully saturated rings. The van der Waals surface area contributed by atoms with E-state index in [1.807, 2.05) is 24.3 Å². The van der Waals surface area contributed by atoms with Gasteiger partial charge < -0.3 is 4.90 Å². The highest BCUT2D eigenvalue weighted by atomic mass is 32.2. The normalized spacial score (nSPS) is 14.6. The number of para-hydroxylation sites is 1. The van der Waals surface area contributed by atoms with Gasteiger partial charge in [-0.15, -0.1) is 11.8 Å². The van der Waals surface area contributed by atoms with Crippen molar-refractivity contribution in [1.82, 2.24) is 0 Å². The van der Waals surface area contributed by atoms with Crippen molar-refractivity contribution < 1.29 is 4.79 Å². The molecule has 62 valence electrons. The van der Waals surface area contributed by atoms with Crippen LogP contribution in [0.3, 0.4) is 0 Å². The second-order valence-corrected chi connectivity index (χ2v) is 3.67. The molecule has 1 aliphatic heterocycles. The number of thioether (sulfide) groups is 1. The molecule has 0 aromatic heterocycles. The number of anilines is 1. The van der Waals surface area contributed by atoms with Gasteiger partial charge in [0.15, 0.2) is 0 Å². The fourth-order valence-electron chi connectivity index (χ4n) is 1.27. The first-order valence-electron chi connectivity index (χ1n) is 3.79. The average molecular weight is 179 g/mol. The zero-order valence-corrected chi connectivity index (χ0v) is 7.60. The minimum Gasteiger partial charge on any atom is -0.301 e. The fraction of sp³-hybridized carbons (Fsp3) is 0.222. The molecule has 1 heterocycles. The molecule has 3 heteroatoms. The number of nitrogens with zero attached hydrogens (tertiary/aromatic N) is 1. The summed E-state index contributed by atoms with van der Waals surface area (Å²) in [6, 6.07) is 7.98. The fourth-order valence-corrected chi connectivity index (χ4v) is 2.36. The van der Waals surface area contributed by atoms with Crippen molar-refractivity contribution in [2.24, 2.45) is 0 Å². The summed E-state index contributed by atoms with van der Waals surface area (Å²) in [6.07, 6.45) is 0.